The van der Waals surface area contributed by atoms with Crippen LogP contribution in [0.3, 0.4) is 0 Å². The van der Waals surface area contributed by atoms with E-state index in [1.165, 1.54) is 16.7 Å². The Balaban J connectivity index is 1.62. The van der Waals surface area contributed by atoms with E-state index in [0.29, 0.717) is 6.61 Å². The number of pyridine rings is 1. The van der Waals surface area contributed by atoms with Gasteiger partial charge in [0.15, 0.2) is 0 Å². The van der Waals surface area contributed by atoms with Crippen LogP contribution in [-0.2, 0) is 11.3 Å². The van der Waals surface area contributed by atoms with E-state index in [1.54, 1.807) is 0 Å². The highest BCUT2D eigenvalue weighted by molar-refractivity contribution is 5.86. The molecule has 2 heterocycles. The maximum absolute atomic E-state index is 6.18. The number of para-hydroxylation sites is 1. The molecule has 4 heteroatoms. The Labute approximate surface area is 154 Å². The van der Waals surface area contributed by atoms with E-state index >= 15 is 0 Å². The Morgan fingerprint density at radius 3 is 2.73 bits per heavy atom. The zero-order valence-electron chi connectivity index (χ0n) is 15.4. The average Bonchev–Trinajstić information content (AvgIpc) is 2.69. The lowest BCUT2D eigenvalue weighted by molar-refractivity contribution is 0.122. The molecule has 0 N–H and O–H groups in total. The van der Waals surface area contributed by atoms with Crippen molar-refractivity contribution in [1.29, 1.82) is 0 Å². The second-order valence-electron chi connectivity index (χ2n) is 6.82. The number of aromatic nitrogens is 1. The number of nitrogens with zero attached hydrogens (tertiary/aromatic N) is 2. The van der Waals surface area contributed by atoms with Crippen LogP contribution >= 0.6 is 0 Å². The second kappa shape index (κ2) is 7.34. The van der Waals surface area contributed by atoms with Gasteiger partial charge in [0.2, 0.25) is 0 Å². The standard InChI is InChI=1S/C22H24N2O2/c1-16-6-7-17(2)19(14-16)15-26-20-5-3-4-18-8-9-21(23-22(18)20)24-10-12-25-13-11-24/h3-9,14H,10-13,15H2,1-2H3. The predicted octanol–water partition coefficient (Wildman–Crippen LogP) is 4.27. The quantitative estimate of drug-likeness (QED) is 0.705. The van der Waals surface area contributed by atoms with Gasteiger partial charge < -0.3 is 14.4 Å². The van der Waals surface area contributed by atoms with Crippen LogP contribution in [0.4, 0.5) is 5.82 Å². The third-order valence-corrected chi connectivity index (χ3v) is 4.89. The molecule has 4 rings (SSSR count). The summed E-state index contributed by atoms with van der Waals surface area (Å²) in [5.41, 5.74) is 4.63. The molecule has 0 unspecified atom stereocenters. The molecule has 1 saturated heterocycles. The minimum absolute atomic E-state index is 0.552. The Kier molecular flexibility index (Phi) is 4.76. The first-order valence-corrected chi connectivity index (χ1v) is 9.12. The van der Waals surface area contributed by atoms with E-state index in [2.05, 4.69) is 55.1 Å². The lowest BCUT2D eigenvalue weighted by Crippen LogP contribution is -2.36. The van der Waals surface area contributed by atoms with Crippen molar-refractivity contribution in [2.24, 2.45) is 0 Å². The molecule has 1 aromatic heterocycles. The van der Waals surface area contributed by atoms with Gasteiger partial charge in [-0.25, -0.2) is 4.98 Å². The van der Waals surface area contributed by atoms with Gasteiger partial charge in [-0.15, -0.1) is 0 Å². The Morgan fingerprint density at radius 1 is 1.04 bits per heavy atom. The maximum atomic E-state index is 6.18. The normalized spacial score (nSPS) is 14.6. The molecule has 0 aliphatic carbocycles. The zero-order valence-corrected chi connectivity index (χ0v) is 15.4. The Morgan fingerprint density at radius 2 is 1.88 bits per heavy atom. The van der Waals surface area contributed by atoms with E-state index in [4.69, 9.17) is 14.5 Å². The predicted molar refractivity (Wildman–Crippen MR) is 105 cm³/mol. The number of hydrogen-bond donors (Lipinski definition) is 0. The van der Waals surface area contributed by atoms with E-state index in [-0.39, 0.29) is 0 Å². The van der Waals surface area contributed by atoms with Crippen LogP contribution in [0.5, 0.6) is 5.75 Å². The van der Waals surface area contributed by atoms with Crippen molar-refractivity contribution in [2.45, 2.75) is 20.5 Å². The van der Waals surface area contributed by atoms with Gasteiger partial charge in [0.1, 0.15) is 23.7 Å². The Bertz CT molecular complexity index is 917. The van der Waals surface area contributed by atoms with Crippen molar-refractivity contribution in [2.75, 3.05) is 31.2 Å². The monoisotopic (exact) mass is 348 g/mol. The summed E-state index contributed by atoms with van der Waals surface area (Å²) in [5, 5.41) is 1.10. The van der Waals surface area contributed by atoms with Crippen LogP contribution in [0.1, 0.15) is 16.7 Å². The molecule has 0 bridgehead atoms. The van der Waals surface area contributed by atoms with Crippen molar-refractivity contribution in [3.05, 3.63) is 65.2 Å². The number of morpholine rings is 1. The zero-order chi connectivity index (χ0) is 17.9. The van der Waals surface area contributed by atoms with Crippen molar-refractivity contribution in [1.82, 2.24) is 4.98 Å². The summed E-state index contributed by atoms with van der Waals surface area (Å²) < 4.78 is 11.6. The van der Waals surface area contributed by atoms with Crippen molar-refractivity contribution >= 4 is 16.7 Å². The summed E-state index contributed by atoms with van der Waals surface area (Å²) in [4.78, 5) is 7.16. The first kappa shape index (κ1) is 16.9. The van der Waals surface area contributed by atoms with Crippen molar-refractivity contribution < 1.29 is 9.47 Å². The third-order valence-electron chi connectivity index (χ3n) is 4.89. The molecule has 0 amide bonds. The number of benzene rings is 2. The smallest absolute Gasteiger partial charge is 0.146 e. The van der Waals surface area contributed by atoms with Gasteiger partial charge in [0.05, 0.1) is 13.2 Å². The molecule has 2 aromatic carbocycles. The molecule has 4 nitrogen and oxygen atoms in total. The third kappa shape index (κ3) is 3.51. The van der Waals surface area contributed by atoms with Crippen molar-refractivity contribution in [3.63, 3.8) is 0 Å². The molecule has 0 radical (unpaired) electrons. The summed E-state index contributed by atoms with van der Waals surface area (Å²) in [6.45, 7) is 8.05. The van der Waals surface area contributed by atoms with Crippen LogP contribution in [0, 0.1) is 13.8 Å². The molecule has 26 heavy (non-hydrogen) atoms. The van der Waals surface area contributed by atoms with Crippen molar-refractivity contribution in [3.8, 4) is 5.75 Å². The summed E-state index contributed by atoms with van der Waals surface area (Å²) in [6.07, 6.45) is 0. The summed E-state index contributed by atoms with van der Waals surface area (Å²) in [5.74, 6) is 1.82. The highest BCUT2D eigenvalue weighted by Crippen LogP contribution is 2.28. The van der Waals surface area contributed by atoms with Gasteiger partial charge in [-0.3, -0.25) is 0 Å². The first-order chi connectivity index (χ1) is 12.7. The van der Waals surface area contributed by atoms with Crippen LogP contribution in [0.15, 0.2) is 48.5 Å². The molecule has 3 aromatic rings. The van der Waals surface area contributed by atoms with Gasteiger partial charge in [0, 0.05) is 18.5 Å². The van der Waals surface area contributed by atoms with Gasteiger partial charge in [0.25, 0.3) is 0 Å². The summed E-state index contributed by atoms with van der Waals surface area (Å²) in [6, 6.07) is 16.8. The lowest BCUT2D eigenvalue weighted by Gasteiger charge is -2.28. The maximum Gasteiger partial charge on any atom is 0.146 e. The average molecular weight is 348 g/mol. The van der Waals surface area contributed by atoms with E-state index in [0.717, 1.165) is 48.8 Å². The minimum Gasteiger partial charge on any atom is -0.487 e. The summed E-state index contributed by atoms with van der Waals surface area (Å²) in [7, 11) is 0. The fraction of sp³-hybridized carbons (Fsp3) is 0.318. The number of fused-ring (bicyclic) bond motifs is 1. The van der Waals surface area contributed by atoms with Crippen LogP contribution in [0.25, 0.3) is 10.9 Å². The van der Waals surface area contributed by atoms with Crippen LogP contribution in [-0.4, -0.2) is 31.3 Å². The molecule has 0 saturated carbocycles. The number of anilines is 1. The molecule has 134 valence electrons. The SMILES string of the molecule is Cc1ccc(C)c(COc2cccc3ccc(N4CCOCC4)nc23)c1. The lowest BCUT2D eigenvalue weighted by atomic mass is 10.1. The first-order valence-electron chi connectivity index (χ1n) is 9.12. The topological polar surface area (TPSA) is 34.6 Å². The van der Waals surface area contributed by atoms with Gasteiger partial charge in [-0.1, -0.05) is 35.9 Å². The van der Waals surface area contributed by atoms with Gasteiger partial charge >= 0.3 is 0 Å². The molecule has 1 fully saturated rings. The minimum atomic E-state index is 0.552. The molecular weight excluding hydrogens is 324 g/mol. The van der Waals surface area contributed by atoms with E-state index < -0.39 is 0 Å². The molecule has 0 atom stereocenters. The molecule has 1 aliphatic rings. The fourth-order valence-electron chi connectivity index (χ4n) is 3.31. The molecular formula is C22H24N2O2. The number of rotatable bonds is 4. The van der Waals surface area contributed by atoms with E-state index in [1.807, 2.05) is 12.1 Å². The molecule has 1 aliphatic heterocycles. The number of hydrogen-bond acceptors (Lipinski definition) is 4. The fourth-order valence-corrected chi connectivity index (χ4v) is 3.31. The van der Waals surface area contributed by atoms with Gasteiger partial charge in [-0.05, 0) is 43.2 Å². The number of ether oxygens (including phenoxy) is 2. The van der Waals surface area contributed by atoms with Crippen LogP contribution in [0.2, 0.25) is 0 Å². The van der Waals surface area contributed by atoms with Crippen LogP contribution < -0.4 is 9.64 Å². The highest BCUT2D eigenvalue weighted by Gasteiger charge is 2.14. The number of aryl methyl sites for hydroxylation is 2. The second-order valence-corrected chi connectivity index (χ2v) is 6.82. The molecule has 0 spiro atoms. The van der Waals surface area contributed by atoms with E-state index in [9.17, 15) is 0 Å². The largest absolute Gasteiger partial charge is 0.487 e. The Hall–Kier alpha value is -2.59. The van der Waals surface area contributed by atoms with Gasteiger partial charge in [-0.2, -0.15) is 0 Å². The summed E-state index contributed by atoms with van der Waals surface area (Å²) >= 11 is 0. The highest BCUT2D eigenvalue weighted by atomic mass is 16.5.